The van der Waals surface area contributed by atoms with E-state index >= 15 is 0 Å². The van der Waals surface area contributed by atoms with E-state index in [1.54, 1.807) is 0 Å². The summed E-state index contributed by atoms with van der Waals surface area (Å²) in [5.41, 5.74) is 5.72. The summed E-state index contributed by atoms with van der Waals surface area (Å²) in [7, 11) is 0. The van der Waals surface area contributed by atoms with Gasteiger partial charge in [0.15, 0.2) is 0 Å². The van der Waals surface area contributed by atoms with Crippen LogP contribution in [0.5, 0.6) is 0 Å². The van der Waals surface area contributed by atoms with Crippen LogP contribution in [0.25, 0.3) is 0 Å². The highest BCUT2D eigenvalue weighted by Gasteiger charge is 2.24. The van der Waals surface area contributed by atoms with Gasteiger partial charge in [-0.15, -0.1) is 0 Å². The Hall–Kier alpha value is -2.42. The van der Waals surface area contributed by atoms with Crippen molar-refractivity contribution in [2.45, 2.75) is 82.5 Å². The predicted octanol–water partition coefficient (Wildman–Crippen LogP) is 1.15. The van der Waals surface area contributed by atoms with E-state index in [9.17, 15) is 14.7 Å². The average Bonchev–Trinajstić information content (AvgIpc) is 2.63. The second-order valence-electron chi connectivity index (χ2n) is 7.88. The molecule has 0 bridgehead atoms. The van der Waals surface area contributed by atoms with Crippen LogP contribution in [0.1, 0.15) is 68.6 Å². The summed E-state index contributed by atoms with van der Waals surface area (Å²) in [4.78, 5) is 31.7. The van der Waals surface area contributed by atoms with E-state index in [4.69, 9.17) is 5.73 Å². The van der Waals surface area contributed by atoms with Gasteiger partial charge in [0.25, 0.3) is 5.91 Å². The molecule has 2 amide bonds. The van der Waals surface area contributed by atoms with Crippen molar-refractivity contribution in [3.05, 3.63) is 11.8 Å². The molecule has 154 valence electrons. The topological polar surface area (TPSA) is 142 Å². The summed E-state index contributed by atoms with van der Waals surface area (Å²) < 4.78 is 0. The number of aromatic nitrogens is 2. The first-order chi connectivity index (χ1) is 13.4. The number of carbonyl (C=O) groups is 2. The van der Waals surface area contributed by atoms with Gasteiger partial charge < -0.3 is 26.8 Å². The molecule has 3 rings (SSSR count). The molecule has 1 aromatic heterocycles. The smallest absolute Gasteiger partial charge is 0.254 e. The molecule has 0 unspecified atom stereocenters. The van der Waals surface area contributed by atoms with Crippen molar-refractivity contribution in [2.24, 2.45) is 5.73 Å². The summed E-state index contributed by atoms with van der Waals surface area (Å²) in [6.45, 7) is 1.54. The minimum absolute atomic E-state index is 0.00494. The lowest BCUT2D eigenvalue weighted by Crippen LogP contribution is -2.39. The van der Waals surface area contributed by atoms with E-state index in [1.165, 1.54) is 13.1 Å². The Labute approximate surface area is 164 Å². The Balaban J connectivity index is 1.64. The number of aliphatic hydroxyl groups excluding tert-OH is 1. The number of nitrogens with two attached hydrogens (primary N) is 1. The molecular weight excluding hydrogens is 360 g/mol. The van der Waals surface area contributed by atoms with Crippen molar-refractivity contribution < 1.29 is 14.7 Å². The number of carbonyl (C=O) groups excluding carboxylic acids is 2. The number of aliphatic hydroxyl groups is 1. The van der Waals surface area contributed by atoms with Crippen molar-refractivity contribution in [3.63, 3.8) is 0 Å². The van der Waals surface area contributed by atoms with E-state index in [2.05, 4.69) is 25.9 Å². The van der Waals surface area contributed by atoms with E-state index in [0.717, 1.165) is 44.9 Å². The molecule has 1 aromatic rings. The van der Waals surface area contributed by atoms with E-state index in [-0.39, 0.29) is 35.7 Å². The van der Waals surface area contributed by atoms with Gasteiger partial charge >= 0.3 is 0 Å². The molecule has 9 nitrogen and oxygen atoms in total. The van der Waals surface area contributed by atoms with Crippen LogP contribution in [-0.2, 0) is 4.79 Å². The van der Waals surface area contributed by atoms with E-state index in [0.29, 0.717) is 18.2 Å². The minimum Gasteiger partial charge on any atom is -0.393 e. The quantitative estimate of drug-likeness (QED) is 0.490. The third kappa shape index (κ3) is 5.54. The number of hydrogen-bond donors (Lipinski definition) is 5. The van der Waals surface area contributed by atoms with Gasteiger partial charge in [-0.05, 0) is 51.4 Å². The maximum atomic E-state index is 11.8. The van der Waals surface area contributed by atoms with E-state index in [1.807, 2.05) is 0 Å². The normalized spacial score (nSPS) is 27.6. The van der Waals surface area contributed by atoms with Crippen LogP contribution in [0.3, 0.4) is 0 Å². The molecule has 28 heavy (non-hydrogen) atoms. The van der Waals surface area contributed by atoms with Gasteiger partial charge in [-0.3, -0.25) is 9.59 Å². The summed E-state index contributed by atoms with van der Waals surface area (Å²) in [5.74, 6) is 0.287. The number of rotatable bonds is 6. The molecule has 9 heteroatoms. The first kappa shape index (κ1) is 20.3. The molecule has 2 aliphatic rings. The first-order valence-electron chi connectivity index (χ1n) is 10.1. The third-order valence-corrected chi connectivity index (χ3v) is 5.51. The number of primary amides is 1. The fraction of sp³-hybridized carbons (Fsp3) is 0.684. The highest BCUT2D eigenvalue weighted by molar-refractivity contribution is 5.97. The fourth-order valence-electron chi connectivity index (χ4n) is 4.08. The highest BCUT2D eigenvalue weighted by atomic mass is 16.3. The van der Waals surface area contributed by atoms with Gasteiger partial charge in [0.05, 0.1) is 11.7 Å². The van der Waals surface area contributed by atoms with E-state index < -0.39 is 5.91 Å². The molecule has 0 spiro atoms. The molecule has 0 aromatic carbocycles. The number of amides is 2. The molecule has 2 atom stereocenters. The number of hydrogen-bond acceptors (Lipinski definition) is 7. The Morgan fingerprint density at radius 2 is 1.79 bits per heavy atom. The fourth-order valence-corrected chi connectivity index (χ4v) is 4.08. The summed E-state index contributed by atoms with van der Waals surface area (Å²) >= 11 is 0. The molecule has 6 N–H and O–H groups in total. The van der Waals surface area contributed by atoms with Crippen LogP contribution in [0, 0.1) is 0 Å². The first-order valence-corrected chi connectivity index (χ1v) is 10.1. The third-order valence-electron chi connectivity index (χ3n) is 5.51. The predicted molar refractivity (Wildman–Crippen MR) is 106 cm³/mol. The Morgan fingerprint density at radius 1 is 1.07 bits per heavy atom. The molecule has 2 fully saturated rings. The number of nitrogens with zero attached hydrogens (tertiary/aromatic N) is 2. The van der Waals surface area contributed by atoms with Gasteiger partial charge in [0.1, 0.15) is 5.82 Å². The average molecular weight is 390 g/mol. The zero-order valence-corrected chi connectivity index (χ0v) is 16.3. The molecule has 1 heterocycles. The number of nitrogens with one attached hydrogen (secondary N) is 3. The maximum absolute atomic E-state index is 11.8. The lowest BCUT2D eigenvalue weighted by atomic mass is 9.91. The van der Waals surface area contributed by atoms with Crippen molar-refractivity contribution in [1.29, 1.82) is 0 Å². The summed E-state index contributed by atoms with van der Waals surface area (Å²) in [6, 6.07) is 0.496. The zero-order chi connectivity index (χ0) is 20.1. The van der Waals surface area contributed by atoms with Gasteiger partial charge in [-0.25, -0.2) is 4.98 Å². The Bertz CT molecular complexity index is 705. The monoisotopic (exact) mass is 390 g/mol. The van der Waals surface area contributed by atoms with Crippen molar-refractivity contribution >= 4 is 23.6 Å². The van der Waals surface area contributed by atoms with Gasteiger partial charge in [0, 0.05) is 31.2 Å². The van der Waals surface area contributed by atoms with Gasteiger partial charge in [-0.1, -0.05) is 0 Å². The lowest BCUT2D eigenvalue weighted by molar-refractivity contribution is -0.119. The van der Waals surface area contributed by atoms with Crippen LogP contribution < -0.4 is 21.7 Å². The maximum Gasteiger partial charge on any atom is 0.254 e. The van der Waals surface area contributed by atoms with Crippen LogP contribution in [0.15, 0.2) is 6.20 Å². The molecular formula is C19H30N6O3. The number of anilines is 2. The van der Waals surface area contributed by atoms with Gasteiger partial charge in [-0.2, -0.15) is 4.98 Å². The standard InChI is InChI=1S/C19H30N6O3/c1-11(26)22-12-5-7-13(8-6-12)24-19-21-10-16(17(20)28)18(25-19)23-14-3-2-4-15(27)9-14/h10,12-15,27H,2-9H2,1H3,(H2,20,28)(H,22,26)(H2,21,23,24,25)/t12-,13+,14-,15+/m1/s1. The molecule has 2 saturated carbocycles. The Kier molecular flexibility index (Phi) is 6.66. The SMILES string of the molecule is CC(=O)N[C@H]1CC[C@@H](Nc2ncc(C(N)=O)c(N[C@@H]3CCC[C@H](O)C3)n2)CC1. The minimum atomic E-state index is -0.582. The zero-order valence-electron chi connectivity index (χ0n) is 16.3. The van der Waals surface area contributed by atoms with Crippen molar-refractivity contribution in [2.75, 3.05) is 10.6 Å². The van der Waals surface area contributed by atoms with Crippen LogP contribution >= 0.6 is 0 Å². The summed E-state index contributed by atoms with van der Waals surface area (Å²) in [5, 5.41) is 19.4. The van der Waals surface area contributed by atoms with Crippen LogP contribution in [-0.4, -0.2) is 51.1 Å². The second kappa shape index (κ2) is 9.18. The van der Waals surface area contributed by atoms with Gasteiger partial charge in [0.2, 0.25) is 11.9 Å². The highest BCUT2D eigenvalue weighted by Crippen LogP contribution is 2.25. The molecule has 0 aliphatic heterocycles. The Morgan fingerprint density at radius 3 is 2.43 bits per heavy atom. The van der Waals surface area contributed by atoms with Crippen LogP contribution in [0.2, 0.25) is 0 Å². The van der Waals surface area contributed by atoms with Crippen molar-refractivity contribution in [1.82, 2.24) is 15.3 Å². The second-order valence-corrected chi connectivity index (χ2v) is 7.88. The molecule has 2 aliphatic carbocycles. The molecule has 0 radical (unpaired) electrons. The van der Waals surface area contributed by atoms with Crippen molar-refractivity contribution in [3.8, 4) is 0 Å². The largest absolute Gasteiger partial charge is 0.393 e. The van der Waals surface area contributed by atoms with Crippen LogP contribution in [0.4, 0.5) is 11.8 Å². The summed E-state index contributed by atoms with van der Waals surface area (Å²) in [6.07, 6.45) is 8.00. The molecule has 0 saturated heterocycles. The lowest BCUT2D eigenvalue weighted by Gasteiger charge is -2.30.